The van der Waals surface area contributed by atoms with Crippen molar-refractivity contribution in [2.75, 3.05) is 0 Å². The van der Waals surface area contributed by atoms with Gasteiger partial charge in [-0.2, -0.15) is 0 Å². The molecule has 0 saturated heterocycles. The van der Waals surface area contributed by atoms with Gasteiger partial charge >= 0.3 is 153 Å². The zero-order valence-corrected chi connectivity index (χ0v) is 18.0. The Morgan fingerprint density at radius 1 is 0.870 bits per heavy atom. The number of unbranched alkanes of at least 4 members (excludes halogenated alkanes) is 3. The van der Waals surface area contributed by atoms with Crippen LogP contribution in [0.15, 0.2) is 34.7 Å². The number of fused-ring (bicyclic) bond motifs is 1. The van der Waals surface area contributed by atoms with Crippen molar-refractivity contribution in [3.8, 4) is 0 Å². The van der Waals surface area contributed by atoms with Gasteiger partial charge in [0.25, 0.3) is 0 Å². The van der Waals surface area contributed by atoms with E-state index in [2.05, 4.69) is 51.1 Å². The third-order valence-electron chi connectivity index (χ3n) is 4.84. The van der Waals surface area contributed by atoms with Crippen LogP contribution in [0.2, 0.25) is 3.43 Å². The van der Waals surface area contributed by atoms with Gasteiger partial charge in [-0.1, -0.05) is 0 Å². The van der Waals surface area contributed by atoms with Gasteiger partial charge in [0.05, 0.1) is 0 Å². The molecular formula is C21H32OSn. The van der Waals surface area contributed by atoms with Crippen molar-refractivity contribution in [1.29, 1.82) is 0 Å². The van der Waals surface area contributed by atoms with Gasteiger partial charge in [-0.15, -0.1) is 0 Å². The summed E-state index contributed by atoms with van der Waals surface area (Å²) in [4.78, 5) is 0. The number of hydrogen-bond acceptors (Lipinski definition) is 1. The van der Waals surface area contributed by atoms with Crippen LogP contribution >= 0.6 is 0 Å². The Labute approximate surface area is 152 Å². The van der Waals surface area contributed by atoms with E-state index in [0.29, 0.717) is 3.43 Å². The van der Waals surface area contributed by atoms with E-state index in [1.807, 2.05) is 0 Å². The van der Waals surface area contributed by atoms with Gasteiger partial charge in [-0.3, -0.25) is 0 Å². The molecule has 0 spiro atoms. The zero-order valence-electron chi connectivity index (χ0n) is 15.2. The molecule has 1 nitrogen and oxygen atoms in total. The molecule has 0 N–H and O–H groups in total. The van der Waals surface area contributed by atoms with E-state index < -0.39 is 21.1 Å². The number of hydrogen-bond donors (Lipinski definition) is 0. The SMILES string of the molecule is CCCC[C](CCCC)(CCCC)[Sn][c]1cc2ccccc2o1. The van der Waals surface area contributed by atoms with E-state index in [-0.39, 0.29) is 0 Å². The van der Waals surface area contributed by atoms with Gasteiger partial charge < -0.3 is 0 Å². The Balaban J connectivity index is 2.21. The molecule has 2 rings (SSSR count). The molecule has 2 radical (unpaired) electrons. The average Bonchev–Trinajstić information content (AvgIpc) is 2.98. The minimum atomic E-state index is -0.728. The third-order valence-corrected chi connectivity index (χ3v) is 9.90. The summed E-state index contributed by atoms with van der Waals surface area (Å²) < 4.78 is 8.21. The Bertz CT molecular complexity index is 517. The summed E-state index contributed by atoms with van der Waals surface area (Å²) >= 11 is -0.728. The van der Waals surface area contributed by atoms with Gasteiger partial charge in [0.2, 0.25) is 0 Å². The molecule has 0 bridgehead atoms. The zero-order chi connectivity index (χ0) is 16.5. The number of furan rings is 1. The maximum absolute atomic E-state index is 6.24. The fraction of sp³-hybridized carbons (Fsp3) is 0.619. The molecule has 126 valence electrons. The van der Waals surface area contributed by atoms with Crippen LogP contribution in [0.3, 0.4) is 0 Å². The number of benzene rings is 1. The molecule has 1 aromatic carbocycles. The predicted molar refractivity (Wildman–Crippen MR) is 103 cm³/mol. The van der Waals surface area contributed by atoms with Crippen LogP contribution in [0.25, 0.3) is 11.0 Å². The van der Waals surface area contributed by atoms with Crippen molar-refractivity contribution in [2.24, 2.45) is 0 Å². The van der Waals surface area contributed by atoms with Crippen molar-refractivity contribution in [3.63, 3.8) is 0 Å². The van der Waals surface area contributed by atoms with Crippen LogP contribution < -0.4 is 3.78 Å². The Morgan fingerprint density at radius 2 is 1.43 bits per heavy atom. The molecule has 0 saturated carbocycles. The molecule has 0 aliphatic rings. The molecule has 1 heterocycles. The van der Waals surface area contributed by atoms with Gasteiger partial charge in [-0.25, -0.2) is 0 Å². The molecule has 1 aromatic heterocycles. The van der Waals surface area contributed by atoms with Crippen molar-refractivity contribution < 1.29 is 4.42 Å². The van der Waals surface area contributed by atoms with E-state index in [1.54, 1.807) is 0 Å². The van der Waals surface area contributed by atoms with E-state index in [9.17, 15) is 0 Å². The fourth-order valence-electron chi connectivity index (χ4n) is 3.41. The Hall–Kier alpha value is -0.441. The first-order valence-electron chi connectivity index (χ1n) is 9.49. The topological polar surface area (TPSA) is 13.1 Å². The molecule has 0 unspecified atom stereocenters. The van der Waals surface area contributed by atoms with Gasteiger partial charge in [0, 0.05) is 0 Å². The van der Waals surface area contributed by atoms with Crippen LogP contribution in [-0.2, 0) is 0 Å². The quantitative estimate of drug-likeness (QED) is 0.380. The molecule has 0 amide bonds. The molecule has 0 fully saturated rings. The molecule has 23 heavy (non-hydrogen) atoms. The maximum atomic E-state index is 6.24. The van der Waals surface area contributed by atoms with E-state index in [4.69, 9.17) is 4.42 Å². The standard InChI is InChI=1S/C13H27.C8H5O.Sn/c1-4-7-10-13(11-8-5-2)12-9-6-3;1-2-4-8-7(3-1)5-6-9-8;/h4-12H2,1-3H3;1-5H;. The first kappa shape index (κ1) is 18.9. The molecule has 2 aromatic rings. The Morgan fingerprint density at radius 3 is 1.96 bits per heavy atom. The summed E-state index contributed by atoms with van der Waals surface area (Å²) in [6.45, 7) is 6.99. The normalized spacial score (nSPS) is 12.1. The van der Waals surface area contributed by atoms with Crippen LogP contribution in [0.5, 0.6) is 0 Å². The second-order valence-electron chi connectivity index (χ2n) is 6.86. The van der Waals surface area contributed by atoms with Gasteiger partial charge in [-0.05, 0) is 0 Å². The van der Waals surface area contributed by atoms with Crippen LogP contribution in [0.1, 0.15) is 78.6 Å². The molecule has 0 aliphatic heterocycles. The first-order valence-corrected chi connectivity index (χ1v) is 12.3. The predicted octanol–water partition coefficient (Wildman–Crippen LogP) is 6.49. The van der Waals surface area contributed by atoms with Crippen molar-refractivity contribution in [1.82, 2.24) is 0 Å². The average molecular weight is 419 g/mol. The molecule has 0 atom stereocenters. The fourth-order valence-corrected chi connectivity index (χ4v) is 8.60. The second-order valence-corrected chi connectivity index (χ2v) is 12.0. The molecule has 0 aliphatic carbocycles. The van der Waals surface area contributed by atoms with E-state index in [0.717, 1.165) is 5.58 Å². The van der Waals surface area contributed by atoms with Crippen LogP contribution in [-0.4, -0.2) is 21.1 Å². The Kier molecular flexibility index (Phi) is 8.01. The van der Waals surface area contributed by atoms with E-state index in [1.165, 1.54) is 66.9 Å². The van der Waals surface area contributed by atoms with Crippen molar-refractivity contribution in [2.45, 2.75) is 82.0 Å². The summed E-state index contributed by atoms with van der Waals surface area (Å²) in [5.74, 6) is 0. The minimum absolute atomic E-state index is 0.610. The van der Waals surface area contributed by atoms with Crippen molar-refractivity contribution >= 4 is 35.9 Å². The number of rotatable bonds is 11. The second kappa shape index (κ2) is 9.76. The molecule has 2 heteroatoms. The summed E-state index contributed by atoms with van der Waals surface area (Å²) in [6.07, 6.45) is 12.4. The molecular weight excluding hydrogens is 387 g/mol. The summed E-state index contributed by atoms with van der Waals surface area (Å²) in [5.41, 5.74) is 1.08. The summed E-state index contributed by atoms with van der Waals surface area (Å²) in [6, 6.07) is 10.8. The number of para-hydroxylation sites is 1. The monoisotopic (exact) mass is 420 g/mol. The van der Waals surface area contributed by atoms with Crippen molar-refractivity contribution in [3.05, 3.63) is 30.3 Å². The summed E-state index contributed by atoms with van der Waals surface area (Å²) in [5, 5.41) is 1.29. The van der Waals surface area contributed by atoms with Crippen LogP contribution in [0.4, 0.5) is 0 Å². The van der Waals surface area contributed by atoms with Gasteiger partial charge in [0.1, 0.15) is 0 Å². The van der Waals surface area contributed by atoms with Gasteiger partial charge in [0.15, 0.2) is 0 Å². The third kappa shape index (κ3) is 5.55. The van der Waals surface area contributed by atoms with Crippen LogP contribution in [0, 0.1) is 0 Å². The van der Waals surface area contributed by atoms with E-state index >= 15 is 0 Å². The summed E-state index contributed by atoms with van der Waals surface area (Å²) in [7, 11) is 0. The first-order chi connectivity index (χ1) is 11.2.